The molecular weight excluding hydrogens is 260 g/mol. The number of nitrogens with one attached hydrogen (secondary N) is 1. The molecule has 0 radical (unpaired) electrons. The summed E-state index contributed by atoms with van der Waals surface area (Å²) in [4.78, 5) is 32.4. The first-order valence-electron chi connectivity index (χ1n) is 5.00. The molecule has 0 aromatic carbocycles. The van der Waals surface area contributed by atoms with Gasteiger partial charge in [-0.1, -0.05) is 11.3 Å². The van der Waals surface area contributed by atoms with Crippen molar-refractivity contribution in [3.8, 4) is 0 Å². The van der Waals surface area contributed by atoms with Crippen molar-refractivity contribution in [3.05, 3.63) is 27.1 Å². The fraction of sp³-hybridized carbons (Fsp3) is 0.400. The van der Waals surface area contributed by atoms with Crippen molar-refractivity contribution in [1.82, 2.24) is 5.32 Å². The van der Waals surface area contributed by atoms with Gasteiger partial charge in [0.05, 0.1) is 16.2 Å². The van der Waals surface area contributed by atoms with Gasteiger partial charge in [-0.3, -0.25) is 19.7 Å². The largest absolute Gasteiger partial charge is 0.481 e. The number of carboxylic acids is 1. The topological polar surface area (TPSA) is 110 Å². The third kappa shape index (κ3) is 3.81. The van der Waals surface area contributed by atoms with Crippen LogP contribution in [0.2, 0.25) is 0 Å². The number of carbonyl (C=O) groups excluding carboxylic acids is 1. The predicted molar refractivity (Wildman–Crippen MR) is 64.8 cm³/mol. The van der Waals surface area contributed by atoms with E-state index in [2.05, 4.69) is 5.32 Å². The summed E-state index contributed by atoms with van der Waals surface area (Å²) in [7, 11) is 0. The highest BCUT2D eigenvalue weighted by molar-refractivity contribution is 7.17. The summed E-state index contributed by atoms with van der Waals surface area (Å²) in [6.45, 7) is 3.14. The summed E-state index contributed by atoms with van der Waals surface area (Å²) in [6.07, 6.45) is -0.230. The SMILES string of the molecule is CC(C)(CC(=O)O)NC(=O)c1ccc([N+](=O)[O-])s1. The first-order valence-corrected chi connectivity index (χ1v) is 5.81. The molecule has 1 amide bonds. The van der Waals surface area contributed by atoms with Gasteiger partial charge in [0.2, 0.25) is 0 Å². The first kappa shape index (κ1) is 14.1. The zero-order valence-corrected chi connectivity index (χ0v) is 10.6. The number of hydrogen-bond donors (Lipinski definition) is 2. The molecule has 18 heavy (non-hydrogen) atoms. The van der Waals surface area contributed by atoms with Crippen molar-refractivity contribution in [2.75, 3.05) is 0 Å². The van der Waals surface area contributed by atoms with Crippen LogP contribution in [0.3, 0.4) is 0 Å². The second kappa shape index (κ2) is 5.13. The molecule has 1 aromatic rings. The Morgan fingerprint density at radius 2 is 2.11 bits per heavy atom. The summed E-state index contributed by atoms with van der Waals surface area (Å²) in [5, 5.41) is 21.5. The van der Waals surface area contributed by atoms with Gasteiger partial charge in [-0.25, -0.2) is 0 Å². The second-order valence-corrected chi connectivity index (χ2v) is 5.37. The summed E-state index contributed by atoms with van der Waals surface area (Å²) in [5.41, 5.74) is -0.915. The lowest BCUT2D eigenvalue weighted by atomic mass is 10.0. The molecule has 1 rings (SSSR count). The van der Waals surface area contributed by atoms with Crippen LogP contribution >= 0.6 is 11.3 Å². The van der Waals surface area contributed by atoms with Crippen LogP contribution in [-0.2, 0) is 4.79 Å². The monoisotopic (exact) mass is 272 g/mol. The highest BCUT2D eigenvalue weighted by atomic mass is 32.1. The number of hydrogen-bond acceptors (Lipinski definition) is 5. The Morgan fingerprint density at radius 1 is 1.50 bits per heavy atom. The number of carbonyl (C=O) groups is 2. The van der Waals surface area contributed by atoms with Crippen molar-refractivity contribution in [2.24, 2.45) is 0 Å². The average molecular weight is 272 g/mol. The lowest BCUT2D eigenvalue weighted by Crippen LogP contribution is -2.44. The minimum absolute atomic E-state index is 0.129. The van der Waals surface area contributed by atoms with Crippen molar-refractivity contribution in [3.63, 3.8) is 0 Å². The average Bonchev–Trinajstić information content (AvgIpc) is 2.62. The quantitative estimate of drug-likeness (QED) is 0.625. The molecule has 2 N–H and O–H groups in total. The molecule has 0 saturated carbocycles. The van der Waals surface area contributed by atoms with E-state index in [1.807, 2.05) is 0 Å². The molecule has 1 heterocycles. The number of rotatable bonds is 5. The summed E-state index contributed by atoms with van der Waals surface area (Å²) >= 11 is 0.750. The van der Waals surface area contributed by atoms with E-state index < -0.39 is 22.3 Å². The number of aliphatic carboxylic acids is 1. The number of carboxylic acid groups (broad SMARTS) is 1. The molecule has 7 nitrogen and oxygen atoms in total. The van der Waals surface area contributed by atoms with Crippen molar-refractivity contribution in [2.45, 2.75) is 25.8 Å². The van der Waals surface area contributed by atoms with E-state index in [9.17, 15) is 19.7 Å². The van der Waals surface area contributed by atoms with Crippen LogP contribution in [0.15, 0.2) is 12.1 Å². The zero-order chi connectivity index (χ0) is 13.9. The third-order valence-electron chi connectivity index (χ3n) is 2.04. The molecule has 0 bridgehead atoms. The fourth-order valence-electron chi connectivity index (χ4n) is 1.34. The van der Waals surface area contributed by atoms with Gasteiger partial charge in [0.1, 0.15) is 0 Å². The Hall–Kier alpha value is -1.96. The standard InChI is InChI=1S/C10H12N2O5S/c1-10(2,5-8(13)14)11-9(15)6-3-4-7(18-6)12(16)17/h3-4H,5H2,1-2H3,(H,11,15)(H,13,14). The van der Waals surface area contributed by atoms with Gasteiger partial charge in [0, 0.05) is 11.6 Å². The highest BCUT2D eigenvalue weighted by Crippen LogP contribution is 2.24. The Kier molecular flexibility index (Phi) is 4.02. The van der Waals surface area contributed by atoms with Crippen LogP contribution in [0, 0.1) is 10.1 Å². The Labute approximate surface area is 107 Å². The van der Waals surface area contributed by atoms with Gasteiger partial charge in [0.25, 0.3) is 5.91 Å². The van der Waals surface area contributed by atoms with Crippen LogP contribution in [0.5, 0.6) is 0 Å². The van der Waals surface area contributed by atoms with Gasteiger partial charge in [-0.05, 0) is 19.9 Å². The number of thiophene rings is 1. The van der Waals surface area contributed by atoms with Crippen molar-refractivity contribution < 1.29 is 19.6 Å². The van der Waals surface area contributed by atoms with E-state index >= 15 is 0 Å². The van der Waals surface area contributed by atoms with Crippen LogP contribution in [0.4, 0.5) is 5.00 Å². The van der Waals surface area contributed by atoms with Gasteiger partial charge >= 0.3 is 11.0 Å². The first-order chi connectivity index (χ1) is 8.21. The Morgan fingerprint density at radius 3 is 2.56 bits per heavy atom. The summed E-state index contributed by atoms with van der Waals surface area (Å²) in [6, 6.07) is 2.58. The van der Waals surface area contributed by atoms with Gasteiger partial charge in [-0.2, -0.15) is 0 Å². The molecule has 1 aromatic heterocycles. The number of amides is 1. The molecule has 0 aliphatic rings. The molecule has 8 heteroatoms. The van der Waals surface area contributed by atoms with E-state index in [-0.39, 0.29) is 16.3 Å². The number of nitro groups is 1. The maximum Gasteiger partial charge on any atom is 0.324 e. The van der Waals surface area contributed by atoms with E-state index in [4.69, 9.17) is 5.11 Å². The third-order valence-corrected chi connectivity index (χ3v) is 3.08. The van der Waals surface area contributed by atoms with E-state index in [0.717, 1.165) is 11.3 Å². The van der Waals surface area contributed by atoms with Gasteiger partial charge in [-0.15, -0.1) is 0 Å². The minimum Gasteiger partial charge on any atom is -0.481 e. The predicted octanol–water partition coefficient (Wildman–Crippen LogP) is 1.64. The highest BCUT2D eigenvalue weighted by Gasteiger charge is 2.25. The van der Waals surface area contributed by atoms with Crippen LogP contribution < -0.4 is 5.32 Å². The lowest BCUT2D eigenvalue weighted by molar-refractivity contribution is -0.380. The van der Waals surface area contributed by atoms with Crippen LogP contribution in [0.25, 0.3) is 0 Å². The molecular formula is C10H12N2O5S. The van der Waals surface area contributed by atoms with E-state index in [1.165, 1.54) is 12.1 Å². The fourth-order valence-corrected chi connectivity index (χ4v) is 2.05. The molecule has 0 saturated heterocycles. The Balaban J connectivity index is 2.75. The smallest absolute Gasteiger partial charge is 0.324 e. The van der Waals surface area contributed by atoms with E-state index in [0.29, 0.717) is 0 Å². The van der Waals surface area contributed by atoms with Crippen LogP contribution in [0.1, 0.15) is 29.9 Å². The molecule has 0 spiro atoms. The maximum absolute atomic E-state index is 11.8. The zero-order valence-electron chi connectivity index (χ0n) is 9.80. The van der Waals surface area contributed by atoms with E-state index in [1.54, 1.807) is 13.8 Å². The molecule has 98 valence electrons. The maximum atomic E-state index is 11.8. The van der Waals surface area contributed by atoms with Crippen molar-refractivity contribution >= 4 is 28.2 Å². The molecule has 0 aliphatic carbocycles. The normalized spacial score (nSPS) is 11.0. The molecule has 0 fully saturated rings. The van der Waals surface area contributed by atoms with Gasteiger partial charge < -0.3 is 10.4 Å². The minimum atomic E-state index is -1.03. The second-order valence-electron chi connectivity index (χ2n) is 4.30. The van der Waals surface area contributed by atoms with Crippen molar-refractivity contribution in [1.29, 1.82) is 0 Å². The lowest BCUT2D eigenvalue weighted by Gasteiger charge is -2.23. The molecule has 0 atom stereocenters. The summed E-state index contributed by atoms with van der Waals surface area (Å²) in [5.74, 6) is -1.54. The molecule has 0 aliphatic heterocycles. The summed E-state index contributed by atoms with van der Waals surface area (Å²) < 4.78 is 0. The number of nitrogens with zero attached hydrogens (tertiary/aromatic N) is 1. The van der Waals surface area contributed by atoms with Crippen LogP contribution in [-0.4, -0.2) is 27.4 Å². The Bertz CT molecular complexity index is 494. The molecule has 0 unspecified atom stereocenters. The van der Waals surface area contributed by atoms with Gasteiger partial charge in [0.15, 0.2) is 0 Å².